The van der Waals surface area contributed by atoms with Crippen LogP contribution >= 0.6 is 15.9 Å². The lowest BCUT2D eigenvalue weighted by molar-refractivity contribution is 0.0602. The van der Waals surface area contributed by atoms with Crippen LogP contribution in [0.3, 0.4) is 0 Å². The molecule has 0 atom stereocenters. The van der Waals surface area contributed by atoms with Gasteiger partial charge in [-0.2, -0.15) is 0 Å². The number of pyridine rings is 1. The average molecular weight is 352 g/mol. The van der Waals surface area contributed by atoms with Crippen molar-refractivity contribution in [3.8, 4) is 5.75 Å². The minimum absolute atomic E-state index is 0.258. The van der Waals surface area contributed by atoms with Crippen LogP contribution in [0.2, 0.25) is 0 Å². The number of halogens is 1. The summed E-state index contributed by atoms with van der Waals surface area (Å²) in [5, 5.41) is 3.09. The number of ether oxygens (including phenoxy) is 2. The van der Waals surface area contributed by atoms with E-state index in [1.165, 1.54) is 19.4 Å². The predicted octanol–water partition coefficient (Wildman–Crippen LogP) is 2.97. The number of nitrogens with two attached hydrogens (primary N) is 1. The van der Waals surface area contributed by atoms with Gasteiger partial charge in [-0.3, -0.25) is 0 Å². The van der Waals surface area contributed by atoms with Gasteiger partial charge in [-0.1, -0.05) is 0 Å². The lowest BCUT2D eigenvalue weighted by Gasteiger charge is -2.11. The highest BCUT2D eigenvalue weighted by atomic mass is 79.9. The van der Waals surface area contributed by atoms with Crippen LogP contribution in [0, 0.1) is 0 Å². The molecular formula is C14H14BrN3O3. The highest BCUT2D eigenvalue weighted by molar-refractivity contribution is 9.10. The summed E-state index contributed by atoms with van der Waals surface area (Å²) in [4.78, 5) is 15.8. The summed E-state index contributed by atoms with van der Waals surface area (Å²) in [7, 11) is 2.89. The van der Waals surface area contributed by atoms with Crippen LogP contribution in [-0.2, 0) is 4.74 Å². The summed E-state index contributed by atoms with van der Waals surface area (Å²) in [6.45, 7) is 0. The van der Waals surface area contributed by atoms with Crippen molar-refractivity contribution in [2.75, 3.05) is 25.3 Å². The van der Waals surface area contributed by atoms with Crippen LogP contribution < -0.4 is 15.8 Å². The number of carbonyl (C=O) groups excluding carboxylic acids is 1. The summed E-state index contributed by atoms with van der Waals surface area (Å²) in [5.41, 5.74) is 6.99. The van der Waals surface area contributed by atoms with E-state index in [-0.39, 0.29) is 11.3 Å². The van der Waals surface area contributed by atoms with Crippen molar-refractivity contribution < 1.29 is 14.3 Å². The Morgan fingerprint density at radius 3 is 2.76 bits per heavy atom. The van der Waals surface area contributed by atoms with Gasteiger partial charge in [-0.15, -0.1) is 0 Å². The first-order valence-electron chi connectivity index (χ1n) is 5.99. The van der Waals surface area contributed by atoms with Crippen molar-refractivity contribution in [3.05, 3.63) is 40.5 Å². The van der Waals surface area contributed by atoms with E-state index in [4.69, 9.17) is 10.5 Å². The van der Waals surface area contributed by atoms with Crippen molar-refractivity contribution in [1.29, 1.82) is 0 Å². The fourth-order valence-corrected chi connectivity index (χ4v) is 2.03. The molecule has 1 heterocycles. The van der Waals surface area contributed by atoms with Gasteiger partial charge in [0.25, 0.3) is 0 Å². The second-order valence-corrected chi connectivity index (χ2v) is 4.97. The average Bonchev–Trinajstić information content (AvgIpc) is 2.50. The van der Waals surface area contributed by atoms with Gasteiger partial charge in [0.15, 0.2) is 0 Å². The van der Waals surface area contributed by atoms with E-state index >= 15 is 0 Å². The Hall–Kier alpha value is -2.28. The number of methoxy groups -OCH3 is 2. The molecule has 0 aliphatic carbocycles. The quantitative estimate of drug-likeness (QED) is 0.823. The summed E-state index contributed by atoms with van der Waals surface area (Å²) >= 11 is 3.43. The van der Waals surface area contributed by atoms with Crippen molar-refractivity contribution in [1.82, 2.24) is 4.98 Å². The number of anilines is 3. The molecule has 2 rings (SSSR count). The van der Waals surface area contributed by atoms with Gasteiger partial charge < -0.3 is 20.5 Å². The topological polar surface area (TPSA) is 86.5 Å². The van der Waals surface area contributed by atoms with Crippen LogP contribution in [0.5, 0.6) is 5.75 Å². The number of aromatic nitrogens is 1. The molecule has 0 radical (unpaired) electrons. The molecule has 2 aromatic rings. The zero-order valence-corrected chi connectivity index (χ0v) is 13.1. The second kappa shape index (κ2) is 6.45. The molecule has 110 valence electrons. The largest absolute Gasteiger partial charge is 0.497 e. The Labute approximate surface area is 130 Å². The second-order valence-electron chi connectivity index (χ2n) is 4.12. The highest BCUT2D eigenvalue weighted by Gasteiger charge is 2.12. The first-order valence-corrected chi connectivity index (χ1v) is 6.79. The molecule has 3 N–H and O–H groups in total. The number of rotatable bonds is 4. The van der Waals surface area contributed by atoms with E-state index < -0.39 is 5.97 Å². The van der Waals surface area contributed by atoms with Crippen LogP contribution in [0.1, 0.15) is 10.4 Å². The Kier molecular flexibility index (Phi) is 4.64. The molecule has 0 spiro atoms. The number of benzene rings is 1. The summed E-state index contributed by atoms with van der Waals surface area (Å²) in [5.74, 6) is 0.658. The standard InChI is InChI=1S/C14H14BrN3O3/c1-20-8-3-4-10(15)12(5-8)18-13-6-9(14(19)21-2)11(16)7-17-13/h3-7H,16H2,1-2H3,(H,17,18). The lowest BCUT2D eigenvalue weighted by atomic mass is 10.2. The number of esters is 1. The summed E-state index contributed by atoms with van der Waals surface area (Å²) in [6.07, 6.45) is 1.41. The number of hydrogen-bond donors (Lipinski definition) is 2. The maximum Gasteiger partial charge on any atom is 0.340 e. The molecule has 1 aromatic carbocycles. The molecule has 0 bridgehead atoms. The number of nitrogens with zero attached hydrogens (tertiary/aromatic N) is 1. The van der Waals surface area contributed by atoms with Gasteiger partial charge >= 0.3 is 5.97 Å². The van der Waals surface area contributed by atoms with Crippen LogP contribution in [0.4, 0.5) is 17.2 Å². The number of nitrogen functional groups attached to an aromatic ring is 1. The van der Waals surface area contributed by atoms with E-state index in [1.807, 2.05) is 12.1 Å². The Morgan fingerprint density at radius 1 is 1.33 bits per heavy atom. The SMILES string of the molecule is COC(=O)c1cc(Nc2cc(OC)ccc2Br)ncc1N. The first kappa shape index (κ1) is 15.1. The summed E-state index contributed by atoms with van der Waals surface area (Å²) < 4.78 is 10.7. The molecule has 7 heteroatoms. The van der Waals surface area contributed by atoms with Crippen molar-refractivity contribution in [2.45, 2.75) is 0 Å². The molecule has 0 saturated heterocycles. The third-order valence-corrected chi connectivity index (χ3v) is 3.47. The third-order valence-electron chi connectivity index (χ3n) is 2.78. The predicted molar refractivity (Wildman–Crippen MR) is 84.0 cm³/mol. The highest BCUT2D eigenvalue weighted by Crippen LogP contribution is 2.30. The maximum atomic E-state index is 11.6. The smallest absolute Gasteiger partial charge is 0.340 e. The fourth-order valence-electron chi connectivity index (χ4n) is 1.69. The molecule has 1 aromatic heterocycles. The minimum atomic E-state index is -0.511. The molecule has 0 fully saturated rings. The Morgan fingerprint density at radius 2 is 2.10 bits per heavy atom. The molecule has 0 amide bonds. The minimum Gasteiger partial charge on any atom is -0.497 e. The van der Waals surface area contributed by atoms with Crippen molar-refractivity contribution in [3.63, 3.8) is 0 Å². The first-order chi connectivity index (χ1) is 10.0. The third kappa shape index (κ3) is 3.43. The normalized spacial score (nSPS) is 10.0. The van der Waals surface area contributed by atoms with E-state index in [0.717, 1.165) is 10.2 Å². The molecule has 0 aliphatic heterocycles. The van der Waals surface area contributed by atoms with Gasteiger partial charge in [0.2, 0.25) is 0 Å². The fraction of sp³-hybridized carbons (Fsp3) is 0.143. The zero-order valence-electron chi connectivity index (χ0n) is 11.5. The number of carbonyl (C=O) groups is 1. The molecule has 0 saturated carbocycles. The van der Waals surface area contributed by atoms with Gasteiger partial charge in [0.05, 0.1) is 37.4 Å². The van der Waals surface area contributed by atoms with Gasteiger partial charge in [-0.05, 0) is 34.1 Å². The monoisotopic (exact) mass is 351 g/mol. The van der Waals surface area contributed by atoms with Crippen LogP contribution in [0.25, 0.3) is 0 Å². The number of nitrogens with one attached hydrogen (secondary N) is 1. The number of hydrogen-bond acceptors (Lipinski definition) is 6. The van der Waals surface area contributed by atoms with E-state index in [0.29, 0.717) is 11.6 Å². The van der Waals surface area contributed by atoms with Crippen LogP contribution in [0.15, 0.2) is 34.9 Å². The van der Waals surface area contributed by atoms with Gasteiger partial charge in [-0.25, -0.2) is 9.78 Å². The van der Waals surface area contributed by atoms with Gasteiger partial charge in [0.1, 0.15) is 11.6 Å². The Bertz CT molecular complexity index is 677. The zero-order chi connectivity index (χ0) is 15.4. The maximum absolute atomic E-state index is 11.6. The van der Waals surface area contributed by atoms with E-state index in [9.17, 15) is 4.79 Å². The summed E-state index contributed by atoms with van der Waals surface area (Å²) in [6, 6.07) is 7.01. The molecular weight excluding hydrogens is 338 g/mol. The molecule has 6 nitrogen and oxygen atoms in total. The molecule has 0 unspecified atom stereocenters. The van der Waals surface area contributed by atoms with E-state index in [1.54, 1.807) is 13.2 Å². The lowest BCUT2D eigenvalue weighted by Crippen LogP contribution is -2.07. The molecule has 21 heavy (non-hydrogen) atoms. The van der Waals surface area contributed by atoms with Gasteiger partial charge in [0, 0.05) is 10.5 Å². The Balaban J connectivity index is 2.34. The van der Waals surface area contributed by atoms with Crippen molar-refractivity contribution in [2.24, 2.45) is 0 Å². The van der Waals surface area contributed by atoms with Crippen LogP contribution in [-0.4, -0.2) is 25.2 Å². The van der Waals surface area contributed by atoms with Crippen molar-refractivity contribution >= 4 is 39.1 Å². The van der Waals surface area contributed by atoms with E-state index in [2.05, 4.69) is 31.0 Å². The molecule has 0 aliphatic rings.